The highest BCUT2D eigenvalue weighted by Gasteiger charge is 2.17. The zero-order valence-corrected chi connectivity index (χ0v) is 12.6. The largest absolute Gasteiger partial charge is 0.389 e. The van der Waals surface area contributed by atoms with Gasteiger partial charge in [-0.05, 0) is 45.5 Å². The van der Waals surface area contributed by atoms with Crippen LogP contribution < -0.4 is 5.32 Å². The van der Waals surface area contributed by atoms with Gasteiger partial charge in [-0.1, -0.05) is 17.7 Å². The van der Waals surface area contributed by atoms with E-state index in [0.29, 0.717) is 17.3 Å². The number of nitrogens with zero attached hydrogens (tertiary/aromatic N) is 1. The average molecular weight is 285 g/mol. The van der Waals surface area contributed by atoms with Crippen molar-refractivity contribution in [3.05, 3.63) is 28.8 Å². The number of rotatable bonds is 5. The van der Waals surface area contributed by atoms with Crippen molar-refractivity contribution in [1.29, 1.82) is 0 Å². The lowest BCUT2D eigenvalue weighted by Gasteiger charge is -2.25. The lowest BCUT2D eigenvalue weighted by atomic mass is 10.1. The van der Waals surface area contributed by atoms with Gasteiger partial charge in [0.25, 0.3) is 0 Å². The second-order valence-electron chi connectivity index (χ2n) is 5.45. The van der Waals surface area contributed by atoms with Gasteiger partial charge in [-0.15, -0.1) is 0 Å². The highest BCUT2D eigenvalue weighted by molar-refractivity contribution is 6.31. The Morgan fingerprint density at radius 2 is 2.11 bits per heavy atom. The van der Waals surface area contributed by atoms with E-state index in [-0.39, 0.29) is 12.5 Å². The predicted molar refractivity (Wildman–Crippen MR) is 78.6 cm³/mol. The van der Waals surface area contributed by atoms with Crippen LogP contribution in [0.1, 0.15) is 19.4 Å². The highest BCUT2D eigenvalue weighted by atomic mass is 35.5. The molecule has 0 saturated carbocycles. The Hall–Kier alpha value is -1.10. The summed E-state index contributed by atoms with van der Waals surface area (Å²) in [6, 6.07) is 5.40. The second kappa shape index (κ2) is 6.37. The Morgan fingerprint density at radius 1 is 1.47 bits per heavy atom. The molecule has 0 atom stereocenters. The summed E-state index contributed by atoms with van der Waals surface area (Å²) in [6.07, 6.45) is 0. The van der Waals surface area contributed by atoms with E-state index in [9.17, 15) is 9.90 Å². The van der Waals surface area contributed by atoms with Crippen LogP contribution in [0.5, 0.6) is 0 Å². The third-order valence-corrected chi connectivity index (χ3v) is 3.02. The van der Waals surface area contributed by atoms with Crippen LogP contribution in [-0.4, -0.2) is 41.7 Å². The zero-order valence-electron chi connectivity index (χ0n) is 11.8. The van der Waals surface area contributed by atoms with Crippen molar-refractivity contribution in [2.45, 2.75) is 26.4 Å². The van der Waals surface area contributed by atoms with Crippen molar-refractivity contribution >= 4 is 23.2 Å². The quantitative estimate of drug-likeness (QED) is 0.872. The minimum Gasteiger partial charge on any atom is -0.389 e. The smallest absolute Gasteiger partial charge is 0.238 e. The lowest BCUT2D eigenvalue weighted by molar-refractivity contribution is -0.117. The van der Waals surface area contributed by atoms with E-state index in [0.717, 1.165) is 5.56 Å². The molecule has 0 fully saturated rings. The molecular formula is C14H21ClN2O2. The number of hydrogen-bond donors (Lipinski definition) is 2. The van der Waals surface area contributed by atoms with E-state index >= 15 is 0 Å². The topological polar surface area (TPSA) is 52.6 Å². The van der Waals surface area contributed by atoms with Crippen LogP contribution >= 0.6 is 11.6 Å². The van der Waals surface area contributed by atoms with Gasteiger partial charge < -0.3 is 10.4 Å². The summed E-state index contributed by atoms with van der Waals surface area (Å²) in [7, 11) is 1.79. The summed E-state index contributed by atoms with van der Waals surface area (Å²) in [5.74, 6) is -0.128. The van der Waals surface area contributed by atoms with Crippen molar-refractivity contribution in [3.8, 4) is 0 Å². The Kier molecular flexibility index (Phi) is 5.35. The Morgan fingerprint density at radius 3 is 2.68 bits per heavy atom. The predicted octanol–water partition coefficient (Wildman–Crippen LogP) is 2.29. The minimum atomic E-state index is -0.818. The van der Waals surface area contributed by atoms with Gasteiger partial charge in [-0.25, -0.2) is 0 Å². The van der Waals surface area contributed by atoms with Crippen molar-refractivity contribution < 1.29 is 9.90 Å². The van der Waals surface area contributed by atoms with Crippen LogP contribution in [0.3, 0.4) is 0 Å². The van der Waals surface area contributed by atoms with E-state index in [2.05, 4.69) is 5.32 Å². The number of halogens is 1. The number of aliphatic hydroxyl groups is 1. The summed E-state index contributed by atoms with van der Waals surface area (Å²) in [5, 5.41) is 13.1. The molecule has 1 amide bonds. The van der Waals surface area contributed by atoms with Crippen LogP contribution in [0.4, 0.5) is 5.69 Å². The Balaban J connectivity index is 2.58. The number of carbonyl (C=O) groups is 1. The van der Waals surface area contributed by atoms with E-state index in [1.54, 1.807) is 37.9 Å². The Labute approximate surface area is 119 Å². The molecule has 5 heteroatoms. The fraction of sp³-hybridized carbons (Fsp3) is 0.500. The highest BCUT2D eigenvalue weighted by Crippen LogP contribution is 2.22. The van der Waals surface area contributed by atoms with Crippen molar-refractivity contribution in [3.63, 3.8) is 0 Å². The first-order valence-electron chi connectivity index (χ1n) is 6.15. The van der Waals surface area contributed by atoms with Crippen LogP contribution in [0.15, 0.2) is 18.2 Å². The molecule has 0 spiro atoms. The maximum atomic E-state index is 11.9. The van der Waals surface area contributed by atoms with Gasteiger partial charge in [-0.3, -0.25) is 9.69 Å². The van der Waals surface area contributed by atoms with Gasteiger partial charge >= 0.3 is 0 Å². The number of hydrogen-bond acceptors (Lipinski definition) is 3. The van der Waals surface area contributed by atoms with E-state index in [1.165, 1.54) is 0 Å². The summed E-state index contributed by atoms with van der Waals surface area (Å²) in [4.78, 5) is 13.7. The molecule has 1 aromatic carbocycles. The first kappa shape index (κ1) is 16.0. The van der Waals surface area contributed by atoms with E-state index in [4.69, 9.17) is 11.6 Å². The van der Waals surface area contributed by atoms with Gasteiger partial charge in [0, 0.05) is 17.3 Å². The third-order valence-electron chi connectivity index (χ3n) is 2.61. The first-order valence-corrected chi connectivity index (χ1v) is 6.53. The molecule has 0 radical (unpaired) electrons. The number of benzene rings is 1. The summed E-state index contributed by atoms with van der Waals surface area (Å²) in [6.45, 7) is 5.93. The molecule has 0 aliphatic rings. The van der Waals surface area contributed by atoms with Gasteiger partial charge in [0.2, 0.25) is 5.91 Å². The van der Waals surface area contributed by atoms with Crippen molar-refractivity contribution in [1.82, 2.24) is 4.90 Å². The Bertz CT molecular complexity index is 455. The molecule has 0 bridgehead atoms. The molecule has 19 heavy (non-hydrogen) atoms. The van der Waals surface area contributed by atoms with Crippen molar-refractivity contribution in [2.75, 3.05) is 25.5 Å². The van der Waals surface area contributed by atoms with Gasteiger partial charge in [0.1, 0.15) is 0 Å². The summed E-state index contributed by atoms with van der Waals surface area (Å²) < 4.78 is 0. The van der Waals surface area contributed by atoms with Crippen LogP contribution in [0, 0.1) is 6.92 Å². The number of amides is 1. The zero-order chi connectivity index (χ0) is 14.6. The second-order valence-corrected chi connectivity index (χ2v) is 5.85. The SMILES string of the molecule is Cc1c(Cl)cccc1NC(=O)CN(C)CC(C)(C)O. The van der Waals surface area contributed by atoms with Gasteiger partial charge in [0.15, 0.2) is 0 Å². The summed E-state index contributed by atoms with van der Waals surface area (Å²) >= 11 is 6.00. The van der Waals surface area contributed by atoms with E-state index in [1.807, 2.05) is 13.0 Å². The normalized spacial score (nSPS) is 11.7. The van der Waals surface area contributed by atoms with Crippen molar-refractivity contribution in [2.24, 2.45) is 0 Å². The molecule has 0 aliphatic heterocycles. The van der Waals surface area contributed by atoms with Gasteiger partial charge in [0.05, 0.1) is 12.1 Å². The number of nitrogens with one attached hydrogen (secondary N) is 1. The molecule has 2 N–H and O–H groups in total. The average Bonchev–Trinajstić information content (AvgIpc) is 2.21. The maximum Gasteiger partial charge on any atom is 0.238 e. The third kappa shape index (κ3) is 5.59. The fourth-order valence-corrected chi connectivity index (χ4v) is 2.07. The molecule has 4 nitrogen and oxygen atoms in total. The lowest BCUT2D eigenvalue weighted by Crippen LogP contribution is -2.40. The molecular weight excluding hydrogens is 264 g/mol. The number of carbonyl (C=O) groups excluding carboxylic acids is 1. The molecule has 0 aromatic heterocycles. The molecule has 0 heterocycles. The van der Waals surface area contributed by atoms with Crippen LogP contribution in [0.25, 0.3) is 0 Å². The monoisotopic (exact) mass is 284 g/mol. The van der Waals surface area contributed by atoms with E-state index < -0.39 is 5.60 Å². The van der Waals surface area contributed by atoms with Gasteiger partial charge in [-0.2, -0.15) is 0 Å². The molecule has 0 saturated heterocycles. The molecule has 1 aromatic rings. The molecule has 0 aliphatic carbocycles. The van der Waals surface area contributed by atoms with Crippen LogP contribution in [0.2, 0.25) is 5.02 Å². The fourth-order valence-electron chi connectivity index (χ4n) is 1.89. The summed E-state index contributed by atoms with van der Waals surface area (Å²) in [5.41, 5.74) is 0.748. The first-order chi connectivity index (χ1) is 8.69. The number of likely N-dealkylation sites (N-methyl/N-ethyl adjacent to an activating group) is 1. The number of anilines is 1. The molecule has 1 rings (SSSR count). The molecule has 106 valence electrons. The standard InChI is InChI=1S/C14H21ClN2O2/c1-10-11(15)6-5-7-12(10)16-13(18)8-17(4)9-14(2,3)19/h5-7,19H,8-9H2,1-4H3,(H,16,18). The molecule has 0 unspecified atom stereocenters. The maximum absolute atomic E-state index is 11.9. The minimum absolute atomic E-state index is 0.128. The van der Waals surface area contributed by atoms with Crippen LogP contribution in [-0.2, 0) is 4.79 Å².